The van der Waals surface area contributed by atoms with E-state index in [4.69, 9.17) is 4.74 Å². The molecule has 11 nitrogen and oxygen atoms in total. The molecule has 4 rings (SSSR count). The molecule has 0 fully saturated rings. The smallest absolute Gasteiger partial charge is 0.288 e. The molecule has 0 saturated heterocycles. The van der Waals surface area contributed by atoms with E-state index in [1.165, 1.54) is 30.3 Å². The lowest BCUT2D eigenvalue weighted by molar-refractivity contribution is -0.126. The van der Waals surface area contributed by atoms with E-state index in [9.17, 15) is 23.2 Å². The fraction of sp³-hybridized carbons (Fsp3) is 0.286. The summed E-state index contributed by atoms with van der Waals surface area (Å²) in [5.41, 5.74) is 0.949. The van der Waals surface area contributed by atoms with Crippen molar-refractivity contribution in [2.45, 2.75) is 45.3 Å². The number of nitrogens with one attached hydrogen (secondary N) is 2. The number of aromatic nitrogens is 5. The number of hydrogen-bond acceptors (Lipinski definition) is 7. The number of amides is 2. The van der Waals surface area contributed by atoms with Crippen LogP contribution >= 0.6 is 0 Å². The molecule has 0 aliphatic rings. The van der Waals surface area contributed by atoms with E-state index < -0.39 is 35.5 Å². The van der Waals surface area contributed by atoms with Gasteiger partial charge in [0.1, 0.15) is 6.17 Å². The van der Waals surface area contributed by atoms with E-state index in [-0.39, 0.29) is 37.4 Å². The monoisotopic (exact) mass is 565 g/mol. The number of hydrogen-bond donors (Lipinski definition) is 2. The maximum atomic E-state index is 14.8. The third-order valence-electron chi connectivity index (χ3n) is 6.21. The summed E-state index contributed by atoms with van der Waals surface area (Å²) in [4.78, 5) is 41.7. The number of carbonyl (C=O) groups excluding carboxylic acids is 2. The van der Waals surface area contributed by atoms with E-state index in [1.807, 2.05) is 19.1 Å². The SMILES string of the molecule is CO[C@@H](C(=O)Nc1ccn(CCC(F)Cn2cc(C(=O)NCc3ccc(C)nc3)nn2)c(=O)c1F)c1ccccc1. The van der Waals surface area contributed by atoms with Crippen LogP contribution in [0.4, 0.5) is 14.5 Å². The Morgan fingerprint density at radius 2 is 1.90 bits per heavy atom. The van der Waals surface area contributed by atoms with Gasteiger partial charge in [-0.25, -0.2) is 9.07 Å². The third-order valence-corrected chi connectivity index (χ3v) is 6.21. The first-order valence-corrected chi connectivity index (χ1v) is 12.8. The van der Waals surface area contributed by atoms with Gasteiger partial charge in [0.05, 0.1) is 18.4 Å². The molecular formula is C28H29F2N7O4. The number of alkyl halides is 1. The van der Waals surface area contributed by atoms with Gasteiger partial charge in [-0.1, -0.05) is 41.6 Å². The molecule has 1 unspecified atom stereocenters. The zero-order valence-electron chi connectivity index (χ0n) is 22.5. The fourth-order valence-electron chi connectivity index (χ4n) is 3.98. The minimum atomic E-state index is -1.46. The highest BCUT2D eigenvalue weighted by Gasteiger charge is 2.22. The summed E-state index contributed by atoms with van der Waals surface area (Å²) < 4.78 is 36.9. The number of aryl methyl sites for hydroxylation is 2. The first kappa shape index (κ1) is 29.2. The summed E-state index contributed by atoms with van der Waals surface area (Å²) in [7, 11) is 1.35. The standard InChI is InChI=1S/C28H29F2N7O4/c1-18-8-9-19(14-31-18)15-32-26(38)23-17-37(35-34-23)16-21(29)10-12-36-13-11-22(24(30)28(36)40)33-27(39)25(41-2)20-6-4-3-5-7-20/h3-9,11,13-14,17,21,25H,10,12,15-16H2,1-2H3,(H,32,38)(H,33,39)/t21?,25-/m1/s1. The van der Waals surface area contributed by atoms with Gasteiger partial charge in [-0.05, 0) is 36.6 Å². The summed E-state index contributed by atoms with van der Waals surface area (Å²) in [5, 5.41) is 12.6. The highest BCUT2D eigenvalue weighted by molar-refractivity contribution is 5.95. The van der Waals surface area contributed by atoms with Crippen molar-refractivity contribution in [1.29, 1.82) is 0 Å². The van der Waals surface area contributed by atoms with Crippen LogP contribution in [0.5, 0.6) is 0 Å². The number of anilines is 1. The Labute approximate surface area is 234 Å². The molecule has 13 heteroatoms. The first-order valence-electron chi connectivity index (χ1n) is 12.8. The number of carbonyl (C=O) groups is 2. The van der Waals surface area contributed by atoms with E-state index in [2.05, 4.69) is 25.9 Å². The second-order valence-electron chi connectivity index (χ2n) is 9.26. The van der Waals surface area contributed by atoms with Gasteiger partial charge in [0, 0.05) is 38.3 Å². The van der Waals surface area contributed by atoms with Crippen LogP contribution in [0.1, 0.15) is 39.8 Å². The topological polar surface area (TPSA) is 133 Å². The predicted molar refractivity (Wildman–Crippen MR) is 145 cm³/mol. The Morgan fingerprint density at radius 3 is 2.61 bits per heavy atom. The predicted octanol–water partition coefficient (Wildman–Crippen LogP) is 2.97. The zero-order chi connectivity index (χ0) is 29.4. The molecule has 2 N–H and O–H groups in total. The quantitative estimate of drug-likeness (QED) is 0.270. The van der Waals surface area contributed by atoms with Crippen LogP contribution in [0.2, 0.25) is 0 Å². The lowest BCUT2D eigenvalue weighted by Gasteiger charge is -2.16. The summed E-state index contributed by atoms with van der Waals surface area (Å²) in [6.45, 7) is 1.77. The Hall–Kier alpha value is -4.78. The molecule has 1 aromatic carbocycles. The lowest BCUT2D eigenvalue weighted by Crippen LogP contribution is -2.28. The number of benzene rings is 1. The van der Waals surface area contributed by atoms with E-state index in [0.717, 1.165) is 15.8 Å². The normalized spacial score (nSPS) is 12.5. The van der Waals surface area contributed by atoms with Gasteiger partial charge >= 0.3 is 0 Å². The fourth-order valence-corrected chi connectivity index (χ4v) is 3.98. The van der Waals surface area contributed by atoms with E-state index in [1.54, 1.807) is 36.5 Å². The minimum Gasteiger partial charge on any atom is -0.367 e. The molecular weight excluding hydrogens is 536 g/mol. The average Bonchev–Trinajstić information content (AvgIpc) is 3.44. The largest absolute Gasteiger partial charge is 0.367 e. The van der Waals surface area contributed by atoms with Gasteiger partial charge in [-0.15, -0.1) is 5.10 Å². The summed E-state index contributed by atoms with van der Waals surface area (Å²) in [5.74, 6) is -2.29. The van der Waals surface area contributed by atoms with Crippen molar-refractivity contribution in [3.63, 3.8) is 0 Å². The van der Waals surface area contributed by atoms with Gasteiger partial charge in [-0.2, -0.15) is 4.39 Å². The Bertz CT molecular complexity index is 1540. The van der Waals surface area contributed by atoms with Gasteiger partial charge in [0.25, 0.3) is 17.4 Å². The molecule has 4 aromatic rings. The Kier molecular flexibility index (Phi) is 9.64. The van der Waals surface area contributed by atoms with Crippen molar-refractivity contribution in [3.8, 4) is 0 Å². The van der Waals surface area contributed by atoms with Crippen molar-refractivity contribution < 1.29 is 23.1 Å². The number of pyridine rings is 2. The van der Waals surface area contributed by atoms with Gasteiger partial charge in [-0.3, -0.25) is 19.4 Å². The zero-order valence-corrected chi connectivity index (χ0v) is 22.5. The molecule has 0 aliphatic heterocycles. The molecule has 2 atom stereocenters. The summed E-state index contributed by atoms with van der Waals surface area (Å²) in [6.07, 6.45) is 1.66. The van der Waals surface area contributed by atoms with Crippen molar-refractivity contribution in [2.75, 3.05) is 12.4 Å². The maximum Gasteiger partial charge on any atom is 0.288 e. The van der Waals surface area contributed by atoms with E-state index in [0.29, 0.717) is 5.56 Å². The van der Waals surface area contributed by atoms with Crippen LogP contribution in [0.25, 0.3) is 0 Å². The van der Waals surface area contributed by atoms with Gasteiger partial charge in [0.2, 0.25) is 5.82 Å². The van der Waals surface area contributed by atoms with Crippen molar-refractivity contribution in [1.82, 2.24) is 29.9 Å². The average molecular weight is 566 g/mol. The molecule has 0 spiro atoms. The van der Waals surface area contributed by atoms with Crippen molar-refractivity contribution in [2.24, 2.45) is 0 Å². The lowest BCUT2D eigenvalue weighted by atomic mass is 10.1. The van der Waals surface area contributed by atoms with Crippen molar-refractivity contribution >= 4 is 17.5 Å². The van der Waals surface area contributed by atoms with Crippen LogP contribution in [0.3, 0.4) is 0 Å². The number of rotatable bonds is 12. The van der Waals surface area contributed by atoms with Gasteiger partial charge in [0.15, 0.2) is 11.8 Å². The van der Waals surface area contributed by atoms with Crippen LogP contribution in [-0.4, -0.2) is 49.6 Å². The molecule has 0 aliphatic carbocycles. The van der Waals surface area contributed by atoms with Gasteiger partial charge < -0.3 is 19.9 Å². The first-order chi connectivity index (χ1) is 19.7. The van der Waals surface area contributed by atoms with Crippen LogP contribution < -0.4 is 16.2 Å². The van der Waals surface area contributed by atoms with Crippen molar-refractivity contribution in [3.05, 3.63) is 106 Å². The molecule has 0 radical (unpaired) electrons. The Balaban J connectivity index is 1.29. The number of ether oxygens (including phenoxy) is 1. The maximum absolute atomic E-state index is 14.8. The molecule has 0 saturated carbocycles. The van der Waals surface area contributed by atoms with Crippen LogP contribution in [-0.2, 0) is 29.2 Å². The molecule has 41 heavy (non-hydrogen) atoms. The number of methoxy groups -OCH3 is 1. The minimum absolute atomic E-state index is 0.0242. The second-order valence-corrected chi connectivity index (χ2v) is 9.26. The van der Waals surface area contributed by atoms with Crippen LogP contribution in [0, 0.1) is 12.7 Å². The number of nitrogens with zero attached hydrogens (tertiary/aromatic N) is 5. The highest BCUT2D eigenvalue weighted by atomic mass is 19.1. The highest BCUT2D eigenvalue weighted by Crippen LogP contribution is 2.19. The summed E-state index contributed by atoms with van der Waals surface area (Å²) >= 11 is 0. The molecule has 2 amide bonds. The second kappa shape index (κ2) is 13.5. The molecule has 214 valence electrons. The number of halogens is 2. The third kappa shape index (κ3) is 7.66. The Morgan fingerprint density at radius 1 is 1.12 bits per heavy atom. The molecule has 3 aromatic heterocycles. The molecule has 3 heterocycles. The van der Waals surface area contributed by atoms with Crippen LogP contribution in [0.15, 0.2) is 71.9 Å². The molecule has 0 bridgehead atoms. The van der Waals surface area contributed by atoms with E-state index >= 15 is 0 Å². The summed E-state index contributed by atoms with van der Waals surface area (Å²) in [6, 6.07) is 13.5.